The van der Waals surface area contributed by atoms with E-state index in [-0.39, 0.29) is 6.10 Å². The van der Waals surface area contributed by atoms with Gasteiger partial charge in [-0.3, -0.25) is 0 Å². The minimum Gasteiger partial charge on any atom is -0.494 e. The summed E-state index contributed by atoms with van der Waals surface area (Å²) in [6.07, 6.45) is 22.9. The smallest absolute Gasteiger partial charge is 0.119 e. The lowest BCUT2D eigenvalue weighted by atomic mass is 9.94. The van der Waals surface area contributed by atoms with Crippen LogP contribution in [-0.4, -0.2) is 13.2 Å². The van der Waals surface area contributed by atoms with Crippen molar-refractivity contribution in [3.8, 4) is 28.0 Å². The highest BCUT2D eigenvalue weighted by Crippen LogP contribution is 2.33. The lowest BCUT2D eigenvalue weighted by Gasteiger charge is -2.15. The standard InChI is InChI=1S/C41H60O2/c1-4-6-8-10-11-12-13-14-15-16-17-18-22-34-43-39-31-29-38(30-32-39)41-24-20-19-23-40(41)37-27-25-36(26-28-37)35(3)42-33-21-9-7-5-2/h19-20,23-32,35H,4-18,21-22,33-34H2,1-3H3. The van der Waals surface area contributed by atoms with Gasteiger partial charge < -0.3 is 9.47 Å². The molecule has 0 radical (unpaired) electrons. The van der Waals surface area contributed by atoms with E-state index in [9.17, 15) is 0 Å². The molecule has 3 aromatic carbocycles. The van der Waals surface area contributed by atoms with Crippen LogP contribution in [0, 0.1) is 0 Å². The molecule has 0 saturated carbocycles. The lowest BCUT2D eigenvalue weighted by Crippen LogP contribution is -2.01. The van der Waals surface area contributed by atoms with Crippen LogP contribution < -0.4 is 4.74 Å². The normalized spacial score (nSPS) is 12.0. The maximum Gasteiger partial charge on any atom is 0.119 e. The van der Waals surface area contributed by atoms with E-state index in [2.05, 4.69) is 93.6 Å². The minimum atomic E-state index is 0.123. The summed E-state index contributed by atoms with van der Waals surface area (Å²) in [5.41, 5.74) is 6.19. The zero-order valence-electron chi connectivity index (χ0n) is 27.8. The molecule has 0 N–H and O–H groups in total. The molecule has 0 spiro atoms. The predicted molar refractivity (Wildman–Crippen MR) is 187 cm³/mol. The van der Waals surface area contributed by atoms with Crippen molar-refractivity contribution < 1.29 is 9.47 Å². The van der Waals surface area contributed by atoms with Crippen molar-refractivity contribution in [2.45, 2.75) is 136 Å². The Morgan fingerprint density at radius 3 is 1.40 bits per heavy atom. The molecule has 1 unspecified atom stereocenters. The highest BCUT2D eigenvalue weighted by molar-refractivity contribution is 5.83. The monoisotopic (exact) mass is 584 g/mol. The molecule has 0 heterocycles. The van der Waals surface area contributed by atoms with Gasteiger partial charge in [0.25, 0.3) is 0 Å². The summed E-state index contributed by atoms with van der Waals surface area (Å²) in [5, 5.41) is 0. The van der Waals surface area contributed by atoms with Gasteiger partial charge in [-0.15, -0.1) is 0 Å². The Balaban J connectivity index is 1.37. The first-order valence-corrected chi connectivity index (χ1v) is 17.8. The highest BCUT2D eigenvalue weighted by atomic mass is 16.5. The molecule has 0 aliphatic rings. The van der Waals surface area contributed by atoms with E-state index in [0.29, 0.717) is 0 Å². The van der Waals surface area contributed by atoms with Gasteiger partial charge in [-0.05, 0) is 59.7 Å². The molecule has 0 bridgehead atoms. The molecule has 0 fully saturated rings. The van der Waals surface area contributed by atoms with Gasteiger partial charge in [-0.2, -0.15) is 0 Å². The van der Waals surface area contributed by atoms with Crippen LogP contribution in [-0.2, 0) is 4.74 Å². The number of benzene rings is 3. The number of rotatable bonds is 24. The summed E-state index contributed by atoms with van der Waals surface area (Å²) < 4.78 is 12.2. The van der Waals surface area contributed by atoms with Crippen LogP contribution in [0.3, 0.4) is 0 Å². The van der Waals surface area contributed by atoms with Crippen molar-refractivity contribution in [1.82, 2.24) is 0 Å². The largest absolute Gasteiger partial charge is 0.494 e. The van der Waals surface area contributed by atoms with Crippen molar-refractivity contribution in [3.63, 3.8) is 0 Å². The zero-order valence-corrected chi connectivity index (χ0v) is 27.8. The van der Waals surface area contributed by atoms with Gasteiger partial charge in [0, 0.05) is 6.61 Å². The second-order valence-corrected chi connectivity index (χ2v) is 12.4. The Morgan fingerprint density at radius 2 is 0.884 bits per heavy atom. The van der Waals surface area contributed by atoms with Crippen LogP contribution in [0.5, 0.6) is 5.75 Å². The van der Waals surface area contributed by atoms with Crippen LogP contribution in [0.25, 0.3) is 22.3 Å². The van der Waals surface area contributed by atoms with Crippen molar-refractivity contribution >= 4 is 0 Å². The maximum absolute atomic E-state index is 6.09. The van der Waals surface area contributed by atoms with Gasteiger partial charge in [0.1, 0.15) is 5.75 Å². The Hall–Kier alpha value is -2.58. The number of hydrogen-bond donors (Lipinski definition) is 0. The third kappa shape index (κ3) is 13.7. The molecule has 236 valence electrons. The van der Waals surface area contributed by atoms with Gasteiger partial charge in [-0.25, -0.2) is 0 Å². The SMILES string of the molecule is CCCCCCCCCCCCCCCOc1ccc(-c2ccccc2-c2ccc(C(C)OCCCCCC)cc2)cc1. The lowest BCUT2D eigenvalue weighted by molar-refractivity contribution is 0.0628. The van der Waals surface area contributed by atoms with E-state index >= 15 is 0 Å². The van der Waals surface area contributed by atoms with Crippen LogP contribution in [0.4, 0.5) is 0 Å². The van der Waals surface area contributed by atoms with E-state index in [1.165, 1.54) is 124 Å². The maximum atomic E-state index is 6.09. The molecule has 43 heavy (non-hydrogen) atoms. The van der Waals surface area contributed by atoms with Crippen LogP contribution >= 0.6 is 0 Å². The fraction of sp³-hybridized carbons (Fsp3) is 0.561. The fourth-order valence-corrected chi connectivity index (χ4v) is 5.85. The number of ether oxygens (including phenoxy) is 2. The molecule has 2 nitrogen and oxygen atoms in total. The van der Waals surface area contributed by atoms with Crippen molar-refractivity contribution in [2.24, 2.45) is 0 Å². The van der Waals surface area contributed by atoms with E-state index < -0.39 is 0 Å². The van der Waals surface area contributed by atoms with E-state index in [4.69, 9.17) is 9.47 Å². The Kier molecular flexibility index (Phi) is 17.9. The zero-order chi connectivity index (χ0) is 30.4. The first kappa shape index (κ1) is 34.9. The van der Waals surface area contributed by atoms with Gasteiger partial charge in [0.2, 0.25) is 0 Å². The molecule has 3 aromatic rings. The summed E-state index contributed by atoms with van der Waals surface area (Å²) in [5.74, 6) is 0.966. The molecule has 0 amide bonds. The number of unbranched alkanes of at least 4 members (excludes halogenated alkanes) is 15. The molecule has 0 aliphatic heterocycles. The van der Waals surface area contributed by atoms with E-state index in [1.54, 1.807) is 0 Å². The molecule has 1 atom stereocenters. The highest BCUT2D eigenvalue weighted by Gasteiger charge is 2.10. The van der Waals surface area contributed by atoms with E-state index in [1.807, 2.05) is 0 Å². The molecular formula is C41H60O2. The van der Waals surface area contributed by atoms with Gasteiger partial charge in [0.15, 0.2) is 0 Å². The van der Waals surface area contributed by atoms with Crippen molar-refractivity contribution in [3.05, 3.63) is 78.4 Å². The van der Waals surface area contributed by atoms with Crippen LogP contribution in [0.15, 0.2) is 72.8 Å². The van der Waals surface area contributed by atoms with Gasteiger partial charge in [0.05, 0.1) is 12.7 Å². The minimum absolute atomic E-state index is 0.123. The summed E-state index contributed by atoms with van der Waals surface area (Å²) in [7, 11) is 0. The first-order valence-electron chi connectivity index (χ1n) is 17.8. The molecule has 2 heteroatoms. The average molecular weight is 585 g/mol. The van der Waals surface area contributed by atoms with Gasteiger partial charge >= 0.3 is 0 Å². The average Bonchev–Trinajstić information content (AvgIpc) is 3.05. The number of hydrogen-bond acceptors (Lipinski definition) is 2. The third-order valence-electron chi connectivity index (χ3n) is 8.67. The fourth-order valence-electron chi connectivity index (χ4n) is 5.85. The predicted octanol–water partition coefficient (Wildman–Crippen LogP) is 13.1. The molecule has 0 saturated heterocycles. The topological polar surface area (TPSA) is 18.5 Å². The Bertz CT molecular complexity index is 1090. The van der Waals surface area contributed by atoms with Crippen molar-refractivity contribution in [2.75, 3.05) is 13.2 Å². The van der Waals surface area contributed by atoms with E-state index in [0.717, 1.165) is 31.8 Å². The van der Waals surface area contributed by atoms with Crippen molar-refractivity contribution in [1.29, 1.82) is 0 Å². The molecule has 0 aromatic heterocycles. The summed E-state index contributed by atoms with van der Waals surface area (Å²) in [4.78, 5) is 0. The molecule has 0 aliphatic carbocycles. The second-order valence-electron chi connectivity index (χ2n) is 12.4. The molecular weight excluding hydrogens is 524 g/mol. The molecule has 3 rings (SSSR count). The van der Waals surface area contributed by atoms with Crippen LogP contribution in [0.1, 0.15) is 142 Å². The Morgan fingerprint density at radius 1 is 0.465 bits per heavy atom. The van der Waals surface area contributed by atoms with Gasteiger partial charge in [-0.1, -0.05) is 171 Å². The summed E-state index contributed by atoms with van der Waals surface area (Å²) in [6, 6.07) is 26.2. The summed E-state index contributed by atoms with van der Waals surface area (Å²) >= 11 is 0. The first-order chi connectivity index (χ1) is 21.2. The third-order valence-corrected chi connectivity index (χ3v) is 8.67. The second kappa shape index (κ2) is 22.0. The Labute approximate surface area is 264 Å². The quantitative estimate of drug-likeness (QED) is 0.0975. The summed E-state index contributed by atoms with van der Waals surface area (Å²) in [6.45, 7) is 8.34. The van der Waals surface area contributed by atoms with Crippen LogP contribution in [0.2, 0.25) is 0 Å².